The third-order valence-corrected chi connectivity index (χ3v) is 3.30. The first-order valence-corrected chi connectivity index (χ1v) is 6.97. The van der Waals surface area contributed by atoms with Crippen molar-refractivity contribution in [1.29, 1.82) is 0 Å². The van der Waals surface area contributed by atoms with Gasteiger partial charge in [0.15, 0.2) is 18.2 Å². The van der Waals surface area contributed by atoms with Crippen LogP contribution in [0.3, 0.4) is 0 Å². The van der Waals surface area contributed by atoms with Crippen LogP contribution in [0.5, 0.6) is 5.75 Å². The summed E-state index contributed by atoms with van der Waals surface area (Å²) in [6, 6.07) is 10.2. The molecule has 1 aromatic heterocycles. The second-order valence-electron chi connectivity index (χ2n) is 4.90. The Balaban J connectivity index is 1.82. The van der Waals surface area contributed by atoms with Gasteiger partial charge in [0.1, 0.15) is 0 Å². The van der Waals surface area contributed by atoms with E-state index in [0.717, 1.165) is 0 Å². The van der Waals surface area contributed by atoms with Gasteiger partial charge in [-0.2, -0.15) is 0 Å². The van der Waals surface area contributed by atoms with Gasteiger partial charge in [-0.1, -0.05) is 18.2 Å². The Morgan fingerprint density at radius 1 is 1.04 bits per heavy atom. The number of anilines is 1. The molecule has 1 heterocycles. The van der Waals surface area contributed by atoms with Crippen molar-refractivity contribution in [2.75, 3.05) is 11.9 Å². The molecule has 2 aromatic carbocycles. The summed E-state index contributed by atoms with van der Waals surface area (Å²) in [5, 5.41) is 7.08. The van der Waals surface area contributed by atoms with Crippen LogP contribution in [0.2, 0.25) is 0 Å². The molecule has 0 aliphatic heterocycles. The zero-order valence-electron chi connectivity index (χ0n) is 12.3. The van der Waals surface area contributed by atoms with E-state index in [9.17, 15) is 18.8 Å². The first-order valence-electron chi connectivity index (χ1n) is 6.97. The Morgan fingerprint density at radius 3 is 2.58 bits per heavy atom. The molecule has 0 atom stereocenters. The molecule has 0 aliphatic carbocycles. The minimum Gasteiger partial charge on any atom is -0.481 e. The number of hydrogen-bond donors (Lipinski definition) is 3. The second-order valence-corrected chi connectivity index (χ2v) is 4.90. The number of para-hydroxylation sites is 1. The molecule has 24 heavy (non-hydrogen) atoms. The molecule has 0 spiro atoms. The summed E-state index contributed by atoms with van der Waals surface area (Å²) in [6.45, 7) is -0.446. The summed E-state index contributed by atoms with van der Waals surface area (Å²) < 4.78 is 18.5. The smallest absolute Gasteiger partial charge is 0.272 e. The number of carbonyl (C=O) groups excluding carboxylic acids is 1. The molecule has 0 fully saturated rings. The van der Waals surface area contributed by atoms with Crippen molar-refractivity contribution >= 4 is 22.4 Å². The van der Waals surface area contributed by atoms with E-state index in [4.69, 9.17) is 4.74 Å². The van der Waals surface area contributed by atoms with Gasteiger partial charge in [0.05, 0.1) is 16.5 Å². The number of carbonyl (C=O) groups is 1. The summed E-state index contributed by atoms with van der Waals surface area (Å²) in [6.07, 6.45) is 0. The van der Waals surface area contributed by atoms with E-state index in [0.29, 0.717) is 0 Å². The summed E-state index contributed by atoms with van der Waals surface area (Å²) in [4.78, 5) is 35.6. The molecule has 0 radical (unpaired) electrons. The highest BCUT2D eigenvalue weighted by Gasteiger charge is 2.12. The molecular formula is C16H12FN3O4. The lowest BCUT2D eigenvalue weighted by Crippen LogP contribution is -2.24. The summed E-state index contributed by atoms with van der Waals surface area (Å²) in [5.74, 6) is -1.23. The third kappa shape index (κ3) is 3.02. The van der Waals surface area contributed by atoms with E-state index < -0.39 is 29.4 Å². The van der Waals surface area contributed by atoms with Crippen LogP contribution in [-0.2, 0) is 4.79 Å². The number of hydrogen-bond acceptors (Lipinski definition) is 4. The Hall–Kier alpha value is -3.42. The Labute approximate surface area is 134 Å². The summed E-state index contributed by atoms with van der Waals surface area (Å²) in [7, 11) is 0. The highest BCUT2D eigenvalue weighted by Crippen LogP contribution is 2.18. The molecule has 0 aliphatic rings. The fourth-order valence-corrected chi connectivity index (χ4v) is 2.23. The number of amides is 1. The number of aromatic nitrogens is 2. The molecule has 0 bridgehead atoms. The van der Waals surface area contributed by atoms with Crippen LogP contribution in [0, 0.1) is 5.82 Å². The summed E-state index contributed by atoms with van der Waals surface area (Å²) >= 11 is 0. The number of halogens is 1. The SMILES string of the molecule is O=C(COc1ccccc1F)Nc1cccc2c(=O)[nH][nH]c(=O)c12. The van der Waals surface area contributed by atoms with Crippen molar-refractivity contribution in [3.05, 3.63) is 69.0 Å². The fourth-order valence-electron chi connectivity index (χ4n) is 2.23. The van der Waals surface area contributed by atoms with Crippen molar-refractivity contribution < 1.29 is 13.9 Å². The van der Waals surface area contributed by atoms with E-state index in [2.05, 4.69) is 15.5 Å². The minimum absolute atomic E-state index is 0.0557. The summed E-state index contributed by atoms with van der Waals surface area (Å²) in [5.41, 5.74) is -0.860. The number of fused-ring (bicyclic) bond motifs is 1. The molecule has 122 valence electrons. The molecular weight excluding hydrogens is 317 g/mol. The Kier molecular flexibility index (Phi) is 4.11. The van der Waals surface area contributed by atoms with E-state index >= 15 is 0 Å². The topological polar surface area (TPSA) is 104 Å². The monoisotopic (exact) mass is 329 g/mol. The maximum atomic E-state index is 13.4. The zero-order chi connectivity index (χ0) is 17.1. The molecule has 8 heteroatoms. The third-order valence-electron chi connectivity index (χ3n) is 3.30. The van der Waals surface area contributed by atoms with Crippen LogP contribution in [0.15, 0.2) is 52.1 Å². The van der Waals surface area contributed by atoms with Crippen LogP contribution >= 0.6 is 0 Å². The Morgan fingerprint density at radius 2 is 1.79 bits per heavy atom. The molecule has 7 nitrogen and oxygen atoms in total. The largest absolute Gasteiger partial charge is 0.481 e. The van der Waals surface area contributed by atoms with Crippen molar-refractivity contribution in [3.63, 3.8) is 0 Å². The highest BCUT2D eigenvalue weighted by molar-refractivity contribution is 6.01. The predicted molar refractivity (Wildman–Crippen MR) is 85.7 cm³/mol. The number of ether oxygens (including phenoxy) is 1. The van der Waals surface area contributed by atoms with Crippen molar-refractivity contribution in [3.8, 4) is 5.75 Å². The Bertz CT molecular complexity index is 1030. The lowest BCUT2D eigenvalue weighted by atomic mass is 10.1. The average Bonchev–Trinajstić information content (AvgIpc) is 2.57. The van der Waals surface area contributed by atoms with E-state index in [1.54, 1.807) is 6.07 Å². The van der Waals surface area contributed by atoms with Gasteiger partial charge in [0.25, 0.3) is 17.0 Å². The number of aromatic amines is 2. The highest BCUT2D eigenvalue weighted by atomic mass is 19.1. The molecule has 3 rings (SSSR count). The quantitative estimate of drug-likeness (QED) is 0.672. The fraction of sp³-hybridized carbons (Fsp3) is 0.0625. The van der Waals surface area contributed by atoms with Gasteiger partial charge in [-0.3, -0.25) is 24.6 Å². The van der Waals surface area contributed by atoms with Crippen molar-refractivity contribution in [2.24, 2.45) is 0 Å². The lowest BCUT2D eigenvalue weighted by molar-refractivity contribution is -0.118. The predicted octanol–water partition coefficient (Wildman–Crippen LogP) is 1.37. The van der Waals surface area contributed by atoms with Gasteiger partial charge >= 0.3 is 0 Å². The number of nitrogens with one attached hydrogen (secondary N) is 3. The number of H-pyrrole nitrogens is 2. The van der Waals surface area contributed by atoms with E-state index in [1.165, 1.54) is 36.4 Å². The van der Waals surface area contributed by atoms with Crippen LogP contribution in [-0.4, -0.2) is 22.7 Å². The van der Waals surface area contributed by atoms with Gasteiger partial charge in [-0.05, 0) is 24.3 Å². The van der Waals surface area contributed by atoms with Gasteiger partial charge in [-0.15, -0.1) is 0 Å². The first kappa shape index (κ1) is 15.5. The van der Waals surface area contributed by atoms with Crippen LogP contribution in [0.4, 0.5) is 10.1 Å². The van der Waals surface area contributed by atoms with Gasteiger partial charge in [-0.25, -0.2) is 4.39 Å². The lowest BCUT2D eigenvalue weighted by Gasteiger charge is -2.09. The van der Waals surface area contributed by atoms with Gasteiger partial charge < -0.3 is 10.1 Å². The zero-order valence-corrected chi connectivity index (χ0v) is 12.3. The molecule has 0 saturated carbocycles. The van der Waals surface area contributed by atoms with Crippen LogP contribution in [0.1, 0.15) is 0 Å². The van der Waals surface area contributed by atoms with Crippen molar-refractivity contribution in [1.82, 2.24) is 10.2 Å². The number of benzene rings is 2. The molecule has 3 aromatic rings. The molecule has 1 amide bonds. The first-order chi connectivity index (χ1) is 11.6. The number of rotatable bonds is 4. The van der Waals surface area contributed by atoms with E-state index in [1.807, 2.05) is 0 Å². The minimum atomic E-state index is -0.592. The standard InChI is InChI=1S/C16H12FN3O4/c17-10-5-1-2-7-12(10)24-8-13(21)18-11-6-3-4-9-14(11)16(23)20-19-15(9)22/h1-7H,8H2,(H,18,21)(H,19,22)(H,20,23). The van der Waals surface area contributed by atoms with Crippen LogP contribution in [0.25, 0.3) is 10.8 Å². The second kappa shape index (κ2) is 6.37. The maximum Gasteiger partial charge on any atom is 0.272 e. The molecule has 0 unspecified atom stereocenters. The van der Waals surface area contributed by atoms with Crippen molar-refractivity contribution in [2.45, 2.75) is 0 Å². The van der Waals surface area contributed by atoms with E-state index in [-0.39, 0.29) is 22.2 Å². The molecule has 3 N–H and O–H groups in total. The van der Waals surface area contributed by atoms with Gasteiger partial charge in [0, 0.05) is 0 Å². The average molecular weight is 329 g/mol. The maximum absolute atomic E-state index is 13.4. The normalized spacial score (nSPS) is 10.5. The van der Waals surface area contributed by atoms with Crippen LogP contribution < -0.4 is 21.2 Å². The van der Waals surface area contributed by atoms with Gasteiger partial charge in [0.2, 0.25) is 0 Å². The molecule has 0 saturated heterocycles.